The van der Waals surface area contributed by atoms with Crippen LogP contribution in [0.2, 0.25) is 5.28 Å². The highest BCUT2D eigenvalue weighted by atomic mass is 79.9. The van der Waals surface area contributed by atoms with Crippen molar-refractivity contribution < 1.29 is 0 Å². The summed E-state index contributed by atoms with van der Waals surface area (Å²) in [7, 11) is 0. The Morgan fingerprint density at radius 3 is 2.95 bits per heavy atom. The maximum Gasteiger partial charge on any atom is 0.226 e. The molecule has 5 nitrogen and oxygen atoms in total. The Balaban J connectivity index is 2.07. The highest BCUT2D eigenvalue weighted by Gasteiger charge is 2.09. The minimum atomic E-state index is 0.175. The van der Waals surface area contributed by atoms with Gasteiger partial charge in [-0.3, -0.25) is 5.10 Å². The van der Waals surface area contributed by atoms with E-state index < -0.39 is 0 Å². The SMILES string of the molecule is Cc1cc(Br)ccc1Nc1nc(Cl)nc2[nH]ncc12. The fourth-order valence-electron chi connectivity index (χ4n) is 1.80. The topological polar surface area (TPSA) is 66.5 Å². The summed E-state index contributed by atoms with van der Waals surface area (Å²) in [5.74, 6) is 0.633. The summed E-state index contributed by atoms with van der Waals surface area (Å²) in [5, 5.41) is 11.0. The number of H-pyrrole nitrogens is 1. The average Bonchev–Trinajstić information content (AvgIpc) is 2.80. The lowest BCUT2D eigenvalue weighted by molar-refractivity contribution is 1.09. The standard InChI is InChI=1S/C12H9BrClN5/c1-6-4-7(13)2-3-9(6)16-10-8-5-15-19-11(8)18-12(14)17-10/h2-5H,1H3,(H2,15,16,17,18,19). The molecule has 2 N–H and O–H groups in total. The fourth-order valence-corrected chi connectivity index (χ4v) is 2.44. The number of fused-ring (bicyclic) bond motifs is 1. The van der Waals surface area contributed by atoms with Crippen molar-refractivity contribution in [3.8, 4) is 0 Å². The van der Waals surface area contributed by atoms with Crippen molar-refractivity contribution in [1.82, 2.24) is 20.2 Å². The van der Waals surface area contributed by atoms with Crippen molar-refractivity contribution in [3.05, 3.63) is 39.7 Å². The van der Waals surface area contributed by atoms with Crippen LogP contribution in [-0.4, -0.2) is 20.2 Å². The van der Waals surface area contributed by atoms with Gasteiger partial charge in [-0.2, -0.15) is 15.1 Å². The van der Waals surface area contributed by atoms with Crippen LogP contribution >= 0.6 is 27.5 Å². The predicted molar refractivity (Wildman–Crippen MR) is 78.9 cm³/mol. The Kier molecular flexibility index (Phi) is 3.12. The van der Waals surface area contributed by atoms with Crippen molar-refractivity contribution in [3.63, 3.8) is 0 Å². The molecule has 0 saturated carbocycles. The number of anilines is 2. The lowest BCUT2D eigenvalue weighted by atomic mass is 10.2. The maximum absolute atomic E-state index is 5.89. The van der Waals surface area contributed by atoms with Gasteiger partial charge in [0.2, 0.25) is 5.28 Å². The number of aryl methyl sites for hydroxylation is 1. The summed E-state index contributed by atoms with van der Waals surface area (Å²) in [5.41, 5.74) is 2.67. The second kappa shape index (κ2) is 4.79. The number of hydrogen-bond donors (Lipinski definition) is 2. The lowest BCUT2D eigenvalue weighted by Gasteiger charge is -2.09. The van der Waals surface area contributed by atoms with Gasteiger partial charge in [0.05, 0.1) is 11.6 Å². The fraction of sp³-hybridized carbons (Fsp3) is 0.0833. The van der Waals surface area contributed by atoms with E-state index in [0.29, 0.717) is 11.5 Å². The van der Waals surface area contributed by atoms with Crippen LogP contribution in [0.4, 0.5) is 11.5 Å². The summed E-state index contributed by atoms with van der Waals surface area (Å²) in [6, 6.07) is 5.96. The van der Waals surface area contributed by atoms with Crippen molar-refractivity contribution in [2.75, 3.05) is 5.32 Å². The van der Waals surface area contributed by atoms with Crippen molar-refractivity contribution in [1.29, 1.82) is 0 Å². The highest BCUT2D eigenvalue weighted by molar-refractivity contribution is 9.10. The molecule has 0 radical (unpaired) electrons. The number of aromatic amines is 1. The minimum Gasteiger partial charge on any atom is -0.339 e. The average molecular weight is 339 g/mol. The molecule has 96 valence electrons. The van der Waals surface area contributed by atoms with Crippen LogP contribution in [0.3, 0.4) is 0 Å². The predicted octanol–water partition coefficient (Wildman–Crippen LogP) is 3.82. The summed E-state index contributed by atoms with van der Waals surface area (Å²) < 4.78 is 1.03. The minimum absolute atomic E-state index is 0.175. The van der Waals surface area contributed by atoms with E-state index in [1.165, 1.54) is 0 Å². The van der Waals surface area contributed by atoms with Crippen LogP contribution in [0.25, 0.3) is 11.0 Å². The molecular weight excluding hydrogens is 330 g/mol. The van der Waals surface area contributed by atoms with E-state index in [0.717, 1.165) is 21.1 Å². The number of nitrogens with one attached hydrogen (secondary N) is 2. The van der Waals surface area contributed by atoms with Gasteiger partial charge in [-0.05, 0) is 42.3 Å². The van der Waals surface area contributed by atoms with E-state index in [4.69, 9.17) is 11.6 Å². The molecule has 1 aromatic carbocycles. The van der Waals surface area contributed by atoms with Gasteiger partial charge < -0.3 is 5.32 Å². The smallest absolute Gasteiger partial charge is 0.226 e. The number of rotatable bonds is 2. The van der Waals surface area contributed by atoms with E-state index in [9.17, 15) is 0 Å². The highest BCUT2D eigenvalue weighted by Crippen LogP contribution is 2.27. The molecule has 0 saturated heterocycles. The first-order valence-corrected chi connectivity index (χ1v) is 6.70. The third-order valence-corrected chi connectivity index (χ3v) is 3.39. The molecule has 19 heavy (non-hydrogen) atoms. The van der Waals surface area contributed by atoms with Gasteiger partial charge in [-0.1, -0.05) is 15.9 Å². The third kappa shape index (κ3) is 2.41. The number of benzene rings is 1. The van der Waals surface area contributed by atoms with Crippen LogP contribution in [-0.2, 0) is 0 Å². The first kappa shape index (κ1) is 12.4. The Bertz CT molecular complexity index is 755. The number of nitrogens with zero attached hydrogens (tertiary/aromatic N) is 3. The molecule has 0 fully saturated rings. The molecule has 0 aliphatic heterocycles. The Morgan fingerprint density at radius 2 is 2.16 bits per heavy atom. The van der Waals surface area contributed by atoms with Crippen molar-refractivity contribution >= 4 is 50.1 Å². The largest absolute Gasteiger partial charge is 0.339 e. The van der Waals surface area contributed by atoms with Crippen molar-refractivity contribution in [2.45, 2.75) is 6.92 Å². The summed E-state index contributed by atoms with van der Waals surface area (Å²) in [4.78, 5) is 8.27. The van der Waals surface area contributed by atoms with Crippen LogP contribution in [0, 0.1) is 6.92 Å². The van der Waals surface area contributed by atoms with Gasteiger partial charge in [-0.15, -0.1) is 0 Å². The van der Waals surface area contributed by atoms with E-state index >= 15 is 0 Å². The van der Waals surface area contributed by atoms with Gasteiger partial charge in [0, 0.05) is 10.2 Å². The zero-order chi connectivity index (χ0) is 13.4. The summed E-state index contributed by atoms with van der Waals surface area (Å²) in [6.45, 7) is 2.02. The summed E-state index contributed by atoms with van der Waals surface area (Å²) in [6.07, 6.45) is 1.67. The monoisotopic (exact) mass is 337 g/mol. The zero-order valence-corrected chi connectivity index (χ0v) is 12.2. The normalized spacial score (nSPS) is 10.9. The quantitative estimate of drug-likeness (QED) is 0.697. The van der Waals surface area contributed by atoms with E-state index in [-0.39, 0.29) is 5.28 Å². The zero-order valence-electron chi connectivity index (χ0n) is 9.91. The molecule has 0 aliphatic carbocycles. The van der Waals surface area contributed by atoms with Gasteiger partial charge in [0.25, 0.3) is 0 Å². The van der Waals surface area contributed by atoms with Crippen LogP contribution < -0.4 is 5.32 Å². The van der Waals surface area contributed by atoms with Crippen molar-refractivity contribution in [2.24, 2.45) is 0 Å². The molecule has 0 bridgehead atoms. The third-order valence-electron chi connectivity index (χ3n) is 2.72. The molecule has 0 amide bonds. The molecule has 0 unspecified atom stereocenters. The molecule has 7 heteroatoms. The van der Waals surface area contributed by atoms with Crippen LogP contribution in [0.5, 0.6) is 0 Å². The number of hydrogen-bond acceptors (Lipinski definition) is 4. The van der Waals surface area contributed by atoms with E-state index in [2.05, 4.69) is 41.4 Å². The Hall–Kier alpha value is -1.66. The molecule has 3 aromatic rings. The van der Waals surface area contributed by atoms with E-state index in [1.807, 2.05) is 25.1 Å². The molecule has 2 aromatic heterocycles. The Morgan fingerprint density at radius 1 is 1.32 bits per heavy atom. The Labute approximate surface area is 122 Å². The van der Waals surface area contributed by atoms with Crippen LogP contribution in [0.15, 0.2) is 28.9 Å². The molecule has 0 atom stereocenters. The van der Waals surface area contributed by atoms with Gasteiger partial charge in [0.15, 0.2) is 5.65 Å². The van der Waals surface area contributed by atoms with E-state index in [1.54, 1.807) is 6.20 Å². The van der Waals surface area contributed by atoms with Gasteiger partial charge >= 0.3 is 0 Å². The number of aromatic nitrogens is 4. The van der Waals surface area contributed by atoms with Crippen LogP contribution in [0.1, 0.15) is 5.56 Å². The molecule has 3 rings (SSSR count). The maximum atomic E-state index is 5.89. The molecule has 0 spiro atoms. The van der Waals surface area contributed by atoms with Gasteiger partial charge in [0.1, 0.15) is 5.82 Å². The second-order valence-electron chi connectivity index (χ2n) is 4.06. The van der Waals surface area contributed by atoms with Gasteiger partial charge in [-0.25, -0.2) is 0 Å². The molecule has 2 heterocycles. The summed E-state index contributed by atoms with van der Waals surface area (Å²) >= 11 is 9.33. The first-order valence-electron chi connectivity index (χ1n) is 5.53. The number of halogens is 2. The molecular formula is C12H9BrClN5. The second-order valence-corrected chi connectivity index (χ2v) is 5.31. The first-order chi connectivity index (χ1) is 9.13. The molecule has 0 aliphatic rings. The lowest BCUT2D eigenvalue weighted by Crippen LogP contribution is -1.98.